The van der Waals surface area contributed by atoms with Gasteiger partial charge in [-0.25, -0.2) is 0 Å². The largest absolute Gasteiger partial charge is 0.390 e. The van der Waals surface area contributed by atoms with Crippen molar-refractivity contribution in [3.05, 3.63) is 71.8 Å². The lowest BCUT2D eigenvalue weighted by atomic mass is 10.1. The van der Waals surface area contributed by atoms with E-state index in [2.05, 4.69) is 46.9 Å². The fraction of sp³-hybridized carbons (Fsp3) is 0.235. The summed E-state index contributed by atoms with van der Waals surface area (Å²) in [4.78, 5) is 5.48. The van der Waals surface area contributed by atoms with Gasteiger partial charge in [0.25, 0.3) is 0 Å². The van der Waals surface area contributed by atoms with Gasteiger partial charge in [0.15, 0.2) is 0 Å². The molecule has 2 aromatic rings. The molecule has 0 fully saturated rings. The molecule has 2 aromatic carbocycles. The predicted octanol–water partition coefficient (Wildman–Crippen LogP) is 2.97. The summed E-state index contributed by atoms with van der Waals surface area (Å²) in [5.41, 5.74) is 3.48. The van der Waals surface area contributed by atoms with Crippen LogP contribution in [0.4, 0.5) is 0 Å². The second-order valence-corrected chi connectivity index (χ2v) is 4.95. The molecule has 0 saturated carbocycles. The molecule has 1 atom stereocenters. The molecule has 0 bridgehead atoms. The topological polar surface area (TPSA) is 33.6 Å². The first kappa shape index (κ1) is 12.9. The van der Waals surface area contributed by atoms with Crippen LogP contribution in [0.2, 0.25) is 0 Å². The molecule has 0 aromatic heterocycles. The summed E-state index contributed by atoms with van der Waals surface area (Å²) in [6, 6.07) is 20.6. The zero-order valence-electron chi connectivity index (χ0n) is 11.3. The molecule has 1 aliphatic heterocycles. The van der Waals surface area contributed by atoms with Gasteiger partial charge in [0.05, 0.1) is 5.71 Å². The van der Waals surface area contributed by atoms with Crippen molar-refractivity contribution in [2.24, 2.45) is 5.16 Å². The molecule has 3 rings (SSSR count). The molecule has 0 aliphatic carbocycles. The number of benzene rings is 2. The molecule has 0 amide bonds. The number of nitrogens with one attached hydrogen (secondary N) is 1. The number of rotatable bonds is 5. The summed E-state index contributed by atoms with van der Waals surface area (Å²) in [7, 11) is 0. The highest BCUT2D eigenvalue weighted by molar-refractivity contribution is 6.01. The van der Waals surface area contributed by atoms with Crippen LogP contribution in [0.3, 0.4) is 0 Å². The molecule has 1 N–H and O–H groups in total. The Balaban J connectivity index is 1.46. The van der Waals surface area contributed by atoms with Gasteiger partial charge in [0, 0.05) is 19.5 Å². The summed E-state index contributed by atoms with van der Waals surface area (Å²) in [6.45, 7) is 1.68. The molecule has 3 nitrogen and oxygen atoms in total. The standard InChI is InChI=1S/C17H18N2O/c1-3-7-14(8-4-1)12-18-13-16-11-17(19-20-16)15-9-5-2-6-10-15/h1-10,16,18H,11-13H2. The van der Waals surface area contributed by atoms with Gasteiger partial charge in [0.2, 0.25) is 0 Å². The Hall–Kier alpha value is -2.13. The number of hydrogen-bond acceptors (Lipinski definition) is 3. The van der Waals surface area contributed by atoms with Crippen LogP contribution in [-0.2, 0) is 11.4 Å². The Bertz CT molecular complexity index is 566. The van der Waals surface area contributed by atoms with Crippen LogP contribution in [0.15, 0.2) is 65.8 Å². The first-order valence-corrected chi connectivity index (χ1v) is 6.94. The van der Waals surface area contributed by atoms with Crippen molar-refractivity contribution in [3.8, 4) is 0 Å². The Kier molecular flexibility index (Phi) is 4.09. The van der Waals surface area contributed by atoms with Crippen molar-refractivity contribution in [1.29, 1.82) is 0 Å². The van der Waals surface area contributed by atoms with E-state index in [-0.39, 0.29) is 6.10 Å². The van der Waals surface area contributed by atoms with E-state index < -0.39 is 0 Å². The molecule has 0 radical (unpaired) electrons. The van der Waals surface area contributed by atoms with Gasteiger partial charge in [0.1, 0.15) is 6.10 Å². The van der Waals surface area contributed by atoms with E-state index in [0.29, 0.717) is 0 Å². The fourth-order valence-electron chi connectivity index (χ4n) is 2.31. The van der Waals surface area contributed by atoms with E-state index in [1.165, 1.54) is 5.56 Å². The normalized spacial score (nSPS) is 17.6. The lowest BCUT2D eigenvalue weighted by molar-refractivity contribution is 0.0848. The van der Waals surface area contributed by atoms with E-state index in [1.54, 1.807) is 0 Å². The highest BCUT2D eigenvalue weighted by atomic mass is 16.6. The van der Waals surface area contributed by atoms with Gasteiger partial charge in [-0.15, -0.1) is 0 Å². The van der Waals surface area contributed by atoms with Crippen LogP contribution in [0.1, 0.15) is 17.5 Å². The summed E-state index contributed by atoms with van der Waals surface area (Å²) in [6.07, 6.45) is 1.00. The number of nitrogens with zero attached hydrogens (tertiary/aromatic N) is 1. The second-order valence-electron chi connectivity index (χ2n) is 4.95. The highest BCUT2D eigenvalue weighted by Crippen LogP contribution is 2.16. The Morgan fingerprint density at radius 3 is 2.45 bits per heavy atom. The maximum Gasteiger partial charge on any atom is 0.145 e. The molecule has 3 heteroatoms. The maximum absolute atomic E-state index is 5.48. The molecular weight excluding hydrogens is 248 g/mol. The lowest BCUT2D eigenvalue weighted by Crippen LogP contribution is -2.26. The van der Waals surface area contributed by atoms with Gasteiger partial charge in [-0.05, 0) is 11.1 Å². The molecule has 102 valence electrons. The molecule has 1 heterocycles. The second kappa shape index (κ2) is 6.35. The third kappa shape index (κ3) is 3.25. The summed E-state index contributed by atoms with van der Waals surface area (Å²) < 4.78 is 0. The number of hydrogen-bond donors (Lipinski definition) is 1. The van der Waals surface area contributed by atoms with E-state index in [9.17, 15) is 0 Å². The summed E-state index contributed by atoms with van der Waals surface area (Å²) in [5.74, 6) is 0. The number of oxime groups is 1. The van der Waals surface area contributed by atoms with Crippen molar-refractivity contribution in [1.82, 2.24) is 5.32 Å². The molecule has 1 unspecified atom stereocenters. The first-order valence-electron chi connectivity index (χ1n) is 6.94. The first-order chi connectivity index (χ1) is 9.92. The minimum absolute atomic E-state index is 0.133. The van der Waals surface area contributed by atoms with Gasteiger partial charge in [-0.2, -0.15) is 0 Å². The quantitative estimate of drug-likeness (QED) is 0.902. The van der Waals surface area contributed by atoms with Gasteiger partial charge >= 0.3 is 0 Å². The Morgan fingerprint density at radius 1 is 1.00 bits per heavy atom. The van der Waals surface area contributed by atoms with E-state index in [1.807, 2.05) is 24.3 Å². The molecule has 0 spiro atoms. The average Bonchev–Trinajstić information content (AvgIpc) is 2.98. The van der Waals surface area contributed by atoms with Crippen LogP contribution in [0, 0.1) is 0 Å². The highest BCUT2D eigenvalue weighted by Gasteiger charge is 2.21. The lowest BCUT2D eigenvalue weighted by Gasteiger charge is -2.09. The SMILES string of the molecule is c1ccc(CNCC2CC(c3ccccc3)=NO2)cc1. The molecule has 0 saturated heterocycles. The predicted molar refractivity (Wildman–Crippen MR) is 80.6 cm³/mol. The van der Waals surface area contributed by atoms with Crippen LogP contribution >= 0.6 is 0 Å². The van der Waals surface area contributed by atoms with Crippen LogP contribution in [0.5, 0.6) is 0 Å². The monoisotopic (exact) mass is 266 g/mol. The third-order valence-corrected chi connectivity index (χ3v) is 3.38. The van der Waals surface area contributed by atoms with Crippen molar-refractivity contribution < 1.29 is 4.84 Å². The smallest absolute Gasteiger partial charge is 0.145 e. The van der Waals surface area contributed by atoms with E-state index >= 15 is 0 Å². The molecular formula is C17H18N2O. The van der Waals surface area contributed by atoms with Gasteiger partial charge in [-0.3, -0.25) is 0 Å². The minimum atomic E-state index is 0.133. The van der Waals surface area contributed by atoms with Crippen LogP contribution in [-0.4, -0.2) is 18.4 Å². The average molecular weight is 266 g/mol. The van der Waals surface area contributed by atoms with Crippen molar-refractivity contribution in [3.63, 3.8) is 0 Å². The van der Waals surface area contributed by atoms with Gasteiger partial charge in [-0.1, -0.05) is 65.8 Å². The Morgan fingerprint density at radius 2 is 1.70 bits per heavy atom. The fourth-order valence-corrected chi connectivity index (χ4v) is 2.31. The molecule has 1 aliphatic rings. The Labute approximate surface area is 119 Å². The third-order valence-electron chi connectivity index (χ3n) is 3.38. The zero-order chi connectivity index (χ0) is 13.6. The van der Waals surface area contributed by atoms with E-state index in [4.69, 9.17) is 4.84 Å². The summed E-state index contributed by atoms with van der Waals surface area (Å²) in [5, 5.41) is 7.61. The summed E-state index contributed by atoms with van der Waals surface area (Å²) >= 11 is 0. The molecule has 20 heavy (non-hydrogen) atoms. The van der Waals surface area contributed by atoms with Crippen molar-refractivity contribution >= 4 is 5.71 Å². The van der Waals surface area contributed by atoms with Crippen LogP contribution in [0.25, 0.3) is 0 Å². The van der Waals surface area contributed by atoms with Crippen molar-refractivity contribution in [2.75, 3.05) is 6.54 Å². The van der Waals surface area contributed by atoms with Gasteiger partial charge < -0.3 is 10.2 Å². The van der Waals surface area contributed by atoms with Crippen LogP contribution < -0.4 is 5.32 Å². The van der Waals surface area contributed by atoms with Crippen molar-refractivity contribution in [2.45, 2.75) is 19.1 Å². The zero-order valence-corrected chi connectivity index (χ0v) is 11.3. The minimum Gasteiger partial charge on any atom is -0.390 e. The van der Waals surface area contributed by atoms with E-state index in [0.717, 1.165) is 30.8 Å². The maximum atomic E-state index is 5.48.